The van der Waals surface area contributed by atoms with Crippen molar-refractivity contribution in [1.29, 1.82) is 0 Å². The van der Waals surface area contributed by atoms with Crippen LogP contribution in [0.1, 0.15) is 42.9 Å². The quantitative estimate of drug-likeness (QED) is 0.123. The molecule has 0 fully saturated rings. The average Bonchev–Trinajstić information content (AvgIpc) is 3.60. The first-order valence-corrected chi connectivity index (χ1v) is 20.1. The molecule has 261 valence electrons. The number of nitrogens with zero attached hydrogens (tertiary/aromatic N) is 2. The van der Waals surface area contributed by atoms with Crippen molar-refractivity contribution < 1.29 is 39.6 Å². The van der Waals surface area contributed by atoms with Crippen LogP contribution in [0.5, 0.6) is 0 Å². The molecule has 0 N–H and O–H groups in total. The van der Waals surface area contributed by atoms with Gasteiger partial charge >= 0.3 is 0 Å². The molecule has 0 atom stereocenters. The van der Waals surface area contributed by atoms with Crippen molar-refractivity contribution in [3.05, 3.63) is 174 Å². The van der Waals surface area contributed by atoms with Gasteiger partial charge in [0, 0.05) is 58.5 Å². The summed E-state index contributed by atoms with van der Waals surface area (Å²) in [5.74, 6) is 0. The second-order valence-electron chi connectivity index (χ2n) is 13.2. The molecule has 5 aromatic carbocycles. The molecule has 52 heavy (non-hydrogen) atoms. The van der Waals surface area contributed by atoms with Gasteiger partial charge in [-0.2, -0.15) is 0 Å². The van der Waals surface area contributed by atoms with Gasteiger partial charge in [0.15, 0.2) is 0 Å². The van der Waals surface area contributed by atoms with Crippen LogP contribution < -0.4 is 5.19 Å². The number of hydrogen-bond acceptors (Lipinski definition) is 3. The first-order valence-electron chi connectivity index (χ1n) is 22.1. The van der Waals surface area contributed by atoms with Gasteiger partial charge in [-0.1, -0.05) is 103 Å². The Morgan fingerprint density at radius 3 is 2.06 bits per heavy atom. The number of aromatic nitrogens is 2. The number of rotatable bonds is 6. The molecule has 0 aliphatic carbocycles. The summed E-state index contributed by atoms with van der Waals surface area (Å²) in [5.41, 5.74) is 5.32. The van der Waals surface area contributed by atoms with Crippen LogP contribution in [0.4, 0.5) is 0 Å². The number of fused-ring (bicyclic) bond motifs is 3. The first kappa shape index (κ1) is 25.1. The summed E-state index contributed by atoms with van der Waals surface area (Å²) in [6.45, 7) is -0.997. The smallest absolute Gasteiger partial charge is 0.121 e. The third-order valence-electron chi connectivity index (χ3n) is 8.56. The van der Waals surface area contributed by atoms with E-state index in [0.717, 1.165) is 27.6 Å². The van der Waals surface area contributed by atoms with Crippen molar-refractivity contribution >= 4 is 35.2 Å². The monoisotopic (exact) mass is 882 g/mol. The van der Waals surface area contributed by atoms with E-state index in [1.807, 2.05) is 97.2 Å². The Morgan fingerprint density at radius 1 is 0.673 bits per heavy atom. The van der Waals surface area contributed by atoms with E-state index < -0.39 is 35.0 Å². The molecule has 5 heteroatoms. The van der Waals surface area contributed by atoms with Crippen LogP contribution in [0, 0.1) is 32.7 Å². The zero-order chi connectivity index (χ0) is 44.8. The van der Waals surface area contributed by atoms with E-state index in [0.29, 0.717) is 38.7 Å². The molecule has 0 aliphatic heterocycles. The van der Waals surface area contributed by atoms with Crippen LogP contribution in [0.2, 0.25) is 19.6 Å². The number of pyridine rings is 2. The van der Waals surface area contributed by atoms with E-state index in [1.165, 1.54) is 24.4 Å². The third-order valence-corrected chi connectivity index (χ3v) is 10.6. The Hall–Kier alpha value is -4.93. The number of furan rings is 1. The van der Waals surface area contributed by atoms with Gasteiger partial charge in [0.2, 0.25) is 0 Å². The second kappa shape index (κ2) is 15.8. The molecule has 0 spiro atoms. The molecule has 0 unspecified atom stereocenters. The SMILES string of the molecule is [2H]C([2H])([2H])c1cc(-c2[c-]cc3oc4cc(C([2H])([2H])[2H])c(C([2H])([2H])[2H])cc4c3c2)ncc1-c1ccccc1.[2H]C([2H])(c1ccccc1)c1cc(-c2[c-]cccc2)ncc1[Si](C)(C)C.[Ir]. The fourth-order valence-electron chi connectivity index (χ4n) is 5.90. The van der Waals surface area contributed by atoms with Crippen molar-refractivity contribution in [2.24, 2.45) is 0 Å². The Kier molecular flexibility index (Phi) is 7.61. The topological polar surface area (TPSA) is 38.9 Å². The van der Waals surface area contributed by atoms with Gasteiger partial charge in [-0.15, -0.1) is 59.7 Å². The van der Waals surface area contributed by atoms with Crippen molar-refractivity contribution in [3.63, 3.8) is 0 Å². The predicted octanol–water partition coefficient (Wildman–Crippen LogP) is 11.7. The number of benzene rings is 5. The maximum atomic E-state index is 8.84. The minimum absolute atomic E-state index is 0. The minimum Gasteiger partial charge on any atom is -0.500 e. The Balaban J connectivity index is 0.000000222. The van der Waals surface area contributed by atoms with E-state index in [1.54, 1.807) is 12.1 Å². The normalized spacial score (nSPS) is 15.3. The maximum absolute atomic E-state index is 8.84. The van der Waals surface area contributed by atoms with Crippen LogP contribution in [0.3, 0.4) is 0 Å². The van der Waals surface area contributed by atoms with Gasteiger partial charge in [0.1, 0.15) is 5.58 Å². The zero-order valence-electron chi connectivity index (χ0n) is 39.8. The van der Waals surface area contributed by atoms with Gasteiger partial charge in [-0.25, -0.2) is 0 Å². The first-order chi connectivity index (χ1) is 29.0. The fraction of sp³-hybridized carbons (Fsp3) is 0.149. The van der Waals surface area contributed by atoms with Gasteiger partial charge in [-0.3, -0.25) is 0 Å². The molecule has 3 aromatic heterocycles. The Bertz CT molecular complexity index is 2870. The largest absolute Gasteiger partial charge is 0.500 e. The van der Waals surface area contributed by atoms with Crippen LogP contribution >= 0.6 is 0 Å². The Labute approximate surface area is 337 Å². The van der Waals surface area contributed by atoms with Crippen LogP contribution in [0.15, 0.2) is 138 Å². The summed E-state index contributed by atoms with van der Waals surface area (Å²) >= 11 is 0. The summed E-state index contributed by atoms with van der Waals surface area (Å²) in [4.78, 5) is 9.12. The average molecular weight is 882 g/mol. The van der Waals surface area contributed by atoms with E-state index >= 15 is 0 Å². The van der Waals surface area contributed by atoms with Crippen molar-refractivity contribution in [1.82, 2.24) is 9.97 Å². The molecule has 3 nitrogen and oxygen atoms in total. The minimum atomic E-state index is -2.64. The molecular weight excluding hydrogens is 829 g/mol. The molecule has 8 aromatic rings. The molecule has 0 amide bonds. The zero-order valence-corrected chi connectivity index (χ0v) is 32.2. The van der Waals surface area contributed by atoms with E-state index in [4.69, 9.17) is 19.5 Å². The summed E-state index contributed by atoms with van der Waals surface area (Å²) in [6, 6.07) is 41.7. The van der Waals surface area contributed by atoms with E-state index in [-0.39, 0.29) is 42.4 Å². The van der Waals surface area contributed by atoms with Crippen LogP contribution in [-0.4, -0.2) is 18.0 Å². The van der Waals surface area contributed by atoms with Crippen molar-refractivity contribution in [2.45, 2.75) is 46.6 Å². The van der Waals surface area contributed by atoms with E-state index in [9.17, 15) is 0 Å². The summed E-state index contributed by atoms with van der Waals surface area (Å²) < 4.78 is 94.6. The van der Waals surface area contributed by atoms with Crippen LogP contribution in [-0.2, 0) is 26.5 Å². The van der Waals surface area contributed by atoms with Crippen molar-refractivity contribution in [2.75, 3.05) is 0 Å². The van der Waals surface area contributed by atoms with Gasteiger partial charge < -0.3 is 14.4 Å². The molecule has 0 aliphatic rings. The van der Waals surface area contributed by atoms with Crippen molar-refractivity contribution in [3.8, 4) is 33.6 Å². The maximum Gasteiger partial charge on any atom is 0.121 e. The van der Waals surface area contributed by atoms with E-state index in [2.05, 4.69) is 41.7 Å². The third kappa shape index (κ3) is 8.08. The molecule has 0 bridgehead atoms. The predicted molar refractivity (Wildman–Crippen MR) is 216 cm³/mol. The molecule has 3 heterocycles. The van der Waals surface area contributed by atoms with Crippen LogP contribution in [0.25, 0.3) is 55.6 Å². The van der Waals surface area contributed by atoms with Gasteiger partial charge in [-0.05, 0) is 83.5 Å². The Morgan fingerprint density at radius 2 is 1.35 bits per heavy atom. The second-order valence-corrected chi connectivity index (χ2v) is 18.3. The summed E-state index contributed by atoms with van der Waals surface area (Å²) in [5, 5.41) is 2.03. The van der Waals surface area contributed by atoms with Gasteiger partial charge in [0.25, 0.3) is 0 Å². The fourth-order valence-corrected chi connectivity index (χ4v) is 7.29. The summed E-state index contributed by atoms with van der Waals surface area (Å²) in [6.07, 6.45) is 1.83. The molecule has 1 radical (unpaired) electrons. The standard InChI is InChI=1S/C26H20NO.C21H22NSi.Ir/c1-16-11-21-22-14-20(9-10-25(22)28-26(21)13-17(16)2)24-12-18(3)23(15-27-24)19-7-5-4-6-8-19;1-23(2,3)21-16-22-20(18-12-8-5-9-13-18)15-19(21)14-17-10-6-4-7-11-17;/h4-8,10-15H,1-3H3;4-12,15-16H,14H2,1-3H3;/q2*-1;/i1D3,2D3,3D3;14D2;. The summed E-state index contributed by atoms with van der Waals surface area (Å²) in [7, 11) is -1.76. The molecule has 0 saturated heterocycles. The molecule has 8 rings (SSSR count). The number of aryl methyl sites for hydroxylation is 3. The number of hydrogen-bond donors (Lipinski definition) is 0. The molecular formula is C47H42IrN2OSi-2. The van der Waals surface area contributed by atoms with Gasteiger partial charge in [0.05, 0.1) is 13.7 Å². The molecule has 0 saturated carbocycles.